The van der Waals surface area contributed by atoms with Crippen LogP contribution in [0.4, 0.5) is 0 Å². The molecule has 2 N–H and O–H groups in total. The second-order valence-corrected chi connectivity index (χ2v) is 22.3. The number of H-pyrrole nitrogens is 2. The van der Waals surface area contributed by atoms with Crippen molar-refractivity contribution in [3.05, 3.63) is 193 Å². The lowest BCUT2D eigenvalue weighted by Gasteiger charge is -2.10. The van der Waals surface area contributed by atoms with E-state index in [1.165, 1.54) is 72.8 Å². The third-order valence-electron chi connectivity index (χ3n) is 13.3. The first-order valence-electron chi connectivity index (χ1n) is 23.7. The summed E-state index contributed by atoms with van der Waals surface area (Å²) in [6, 6.07) is 36.4. The summed E-state index contributed by atoms with van der Waals surface area (Å²) in [5.41, 5.74) is 11.2. The number of fused-ring (bicyclic) bond motifs is 8. The zero-order valence-corrected chi connectivity index (χ0v) is 42.7. The second-order valence-electron chi connectivity index (χ2n) is 18.2. The minimum Gasteiger partial charge on any atom is -0.744 e. The summed E-state index contributed by atoms with van der Waals surface area (Å²) in [5, 5.41) is 0. The maximum Gasteiger partial charge on any atom is 0.169 e. The van der Waals surface area contributed by atoms with Crippen LogP contribution in [0.2, 0.25) is 0 Å². The molecule has 0 spiro atoms. The molecule has 0 unspecified atom stereocenters. The number of aromatic nitrogens is 7. The van der Waals surface area contributed by atoms with Gasteiger partial charge in [0.2, 0.25) is 0 Å². The number of aromatic amines is 2. The molecule has 19 heteroatoms. The van der Waals surface area contributed by atoms with Gasteiger partial charge >= 0.3 is 0 Å². The van der Waals surface area contributed by atoms with E-state index in [2.05, 4.69) is 55.8 Å². The fourth-order valence-electron chi connectivity index (χ4n) is 9.49. The average Bonchev–Trinajstić information content (AvgIpc) is 4.27. The third kappa shape index (κ3) is 10.2. The Balaban J connectivity index is 1.09. The Morgan fingerprint density at radius 1 is 0.368 bits per heavy atom. The maximum atomic E-state index is 12.1. The van der Waals surface area contributed by atoms with Crippen LogP contribution in [0.3, 0.4) is 0 Å². The van der Waals surface area contributed by atoms with Crippen LogP contribution in [0, 0.1) is 0 Å². The molecule has 76 heavy (non-hydrogen) atoms. The summed E-state index contributed by atoms with van der Waals surface area (Å²) < 4.78 is 115. The van der Waals surface area contributed by atoms with Gasteiger partial charge in [0.05, 0.1) is 43.9 Å². The van der Waals surface area contributed by atoms with Crippen molar-refractivity contribution in [2.75, 3.05) is 0 Å². The SMILES string of the molecule is C[n+]1ccc(-c2cc[n+](CCC[n+]3ccc(-c4c5nc(c(-c6ccc(S(=O)(=O)[O-])cc6)c6ccc([nH]6)c(-c6ccc(S(=O)(=O)[O-])cc6)c6nc(c(-c7ccc(S(=O)(=O)[O-])cc7)c7ccc4[nH]7)C=C6)C=C5)cc3)cc2)cc1. The highest BCUT2D eigenvalue weighted by Gasteiger charge is 2.21. The summed E-state index contributed by atoms with van der Waals surface area (Å²) in [7, 11) is -12.3. The summed E-state index contributed by atoms with van der Waals surface area (Å²) in [5.74, 6) is 0. The van der Waals surface area contributed by atoms with Gasteiger partial charge in [-0.1, -0.05) is 36.4 Å². The van der Waals surface area contributed by atoms with Crippen molar-refractivity contribution < 1.29 is 52.6 Å². The van der Waals surface area contributed by atoms with E-state index in [9.17, 15) is 38.9 Å². The molecule has 11 rings (SSSR count). The smallest absolute Gasteiger partial charge is 0.169 e. The van der Waals surface area contributed by atoms with E-state index in [4.69, 9.17) is 9.97 Å². The molecule has 8 heterocycles. The first kappa shape index (κ1) is 49.6. The lowest BCUT2D eigenvalue weighted by Crippen LogP contribution is -2.38. The zero-order valence-electron chi connectivity index (χ0n) is 40.2. The van der Waals surface area contributed by atoms with Crippen molar-refractivity contribution in [1.29, 1.82) is 0 Å². The predicted octanol–water partition coefficient (Wildman–Crippen LogP) is 8.19. The summed E-state index contributed by atoms with van der Waals surface area (Å²) in [6.45, 7) is 1.54. The number of rotatable bonds is 12. The number of hydrogen-bond donors (Lipinski definition) is 2. The van der Waals surface area contributed by atoms with E-state index in [1.54, 1.807) is 18.2 Å². The molecule has 2 aliphatic rings. The number of pyridine rings is 3. The van der Waals surface area contributed by atoms with Gasteiger partial charge in [0, 0.05) is 80.7 Å². The van der Waals surface area contributed by atoms with Crippen molar-refractivity contribution in [3.8, 4) is 55.6 Å². The van der Waals surface area contributed by atoms with Gasteiger partial charge in [-0.15, -0.1) is 0 Å². The molecule has 0 fully saturated rings. The van der Waals surface area contributed by atoms with Crippen molar-refractivity contribution in [3.63, 3.8) is 0 Å². The fourth-order valence-corrected chi connectivity index (χ4v) is 10.9. The Bertz CT molecular complexity index is 4280. The molecular formula is C57H43N7O9S3. The highest BCUT2D eigenvalue weighted by molar-refractivity contribution is 7.86. The van der Waals surface area contributed by atoms with Crippen LogP contribution in [-0.2, 0) is 50.5 Å². The van der Waals surface area contributed by atoms with Gasteiger partial charge in [-0.25, -0.2) is 48.9 Å². The van der Waals surface area contributed by atoms with Crippen LogP contribution in [0.1, 0.15) is 29.2 Å². The molecule has 378 valence electrons. The molecule has 0 aliphatic carbocycles. The Morgan fingerprint density at radius 3 is 0.921 bits per heavy atom. The molecule has 0 radical (unpaired) electrons. The first-order valence-corrected chi connectivity index (χ1v) is 27.9. The average molecular weight is 1070 g/mol. The van der Waals surface area contributed by atoms with E-state index in [0.29, 0.717) is 78.2 Å². The van der Waals surface area contributed by atoms with Crippen LogP contribution < -0.4 is 13.7 Å². The standard InChI is InChI=1S/C57H43N7O9S3/c1-62-31-23-37(24-32-62)38-25-33-63(34-26-38)29-2-30-64-35-27-42(28-36-64)57-52-21-19-50(60-52)55(40-5-11-44(12-6-40)75(68,69)70)48-17-15-46(58-48)54(39-3-9-43(10-4-39)74(65,66)67)47-16-18-49(59-47)56(51-20-22-53(57)61-51)41-7-13-45(14-8-41)76(71,72)73/h3-28,31-36H,2,29-30H2,1H3,(H2-,65,66,67,68,69,70,71,72,73). The quantitative estimate of drug-likeness (QED) is 0.0873. The van der Waals surface area contributed by atoms with E-state index >= 15 is 0 Å². The number of nitrogens with one attached hydrogen (secondary N) is 2. The van der Waals surface area contributed by atoms with E-state index in [0.717, 1.165) is 41.8 Å². The van der Waals surface area contributed by atoms with Gasteiger partial charge in [0.1, 0.15) is 37.4 Å². The third-order valence-corrected chi connectivity index (χ3v) is 15.8. The summed E-state index contributed by atoms with van der Waals surface area (Å²) >= 11 is 0. The minimum absolute atomic E-state index is 0.404. The van der Waals surface area contributed by atoms with Gasteiger partial charge in [0.15, 0.2) is 50.3 Å². The monoisotopic (exact) mass is 1070 g/mol. The highest BCUT2D eigenvalue weighted by Crippen LogP contribution is 2.39. The molecule has 9 aromatic rings. The topological polar surface area (TPSA) is 241 Å². The first-order chi connectivity index (χ1) is 36.4. The molecule has 0 saturated carbocycles. The van der Waals surface area contributed by atoms with Crippen molar-refractivity contribution in [1.82, 2.24) is 19.9 Å². The summed E-state index contributed by atoms with van der Waals surface area (Å²) in [6.07, 6.45) is 20.4. The van der Waals surface area contributed by atoms with Crippen LogP contribution in [0.15, 0.2) is 185 Å². The van der Waals surface area contributed by atoms with Gasteiger partial charge in [-0.05, 0) is 118 Å². The van der Waals surface area contributed by atoms with E-state index in [-0.39, 0.29) is 0 Å². The largest absolute Gasteiger partial charge is 0.744 e. The Labute approximate surface area is 437 Å². The molecule has 8 bridgehead atoms. The van der Waals surface area contributed by atoms with Gasteiger partial charge in [0.25, 0.3) is 0 Å². The molecule has 0 amide bonds. The van der Waals surface area contributed by atoms with Crippen LogP contribution in [0.25, 0.3) is 102 Å². The van der Waals surface area contributed by atoms with Gasteiger partial charge in [-0.2, -0.15) is 0 Å². The van der Waals surface area contributed by atoms with Crippen molar-refractivity contribution in [2.45, 2.75) is 34.2 Å². The Kier molecular flexibility index (Phi) is 12.8. The Hall–Kier alpha value is -8.56. The summed E-state index contributed by atoms with van der Waals surface area (Å²) in [4.78, 5) is 16.3. The number of nitrogens with zero attached hydrogens (tertiary/aromatic N) is 5. The second kappa shape index (κ2) is 19.6. The number of aryl methyl sites for hydroxylation is 3. The van der Waals surface area contributed by atoms with Crippen molar-refractivity contribution in [2.24, 2.45) is 7.05 Å². The minimum atomic E-state index is -4.79. The molecule has 0 saturated heterocycles. The van der Waals surface area contributed by atoms with Gasteiger partial charge in [-0.3, -0.25) is 0 Å². The Morgan fingerprint density at radius 2 is 0.632 bits per heavy atom. The van der Waals surface area contributed by atoms with Crippen LogP contribution >= 0.6 is 0 Å². The lowest BCUT2D eigenvalue weighted by atomic mass is 10.0. The highest BCUT2D eigenvalue weighted by atomic mass is 32.2. The molecule has 6 aromatic heterocycles. The zero-order chi connectivity index (χ0) is 52.9. The number of hydrogen-bond acceptors (Lipinski definition) is 11. The molecule has 2 aliphatic heterocycles. The predicted molar refractivity (Wildman–Crippen MR) is 283 cm³/mol. The van der Waals surface area contributed by atoms with E-state index < -0.39 is 45.0 Å². The van der Waals surface area contributed by atoms with Crippen LogP contribution in [0.5, 0.6) is 0 Å². The molecule has 3 aromatic carbocycles. The van der Waals surface area contributed by atoms with Crippen molar-refractivity contribution >= 4 is 76.7 Å². The molecular weight excluding hydrogens is 1020 g/mol. The normalized spacial score (nSPS) is 12.6. The molecule has 0 atom stereocenters. The molecule has 16 nitrogen and oxygen atoms in total. The number of benzene rings is 3. The van der Waals surface area contributed by atoms with Gasteiger partial charge < -0.3 is 23.6 Å². The van der Waals surface area contributed by atoms with E-state index in [1.807, 2.05) is 78.9 Å². The van der Waals surface area contributed by atoms with Crippen LogP contribution in [-0.4, -0.2) is 58.8 Å². The lowest BCUT2D eigenvalue weighted by molar-refractivity contribution is -0.726. The maximum absolute atomic E-state index is 12.1. The fraction of sp³-hybridized carbons (Fsp3) is 0.0702.